The Balaban J connectivity index is 2.12. The Morgan fingerprint density at radius 1 is 1.44 bits per heavy atom. The van der Waals surface area contributed by atoms with Gasteiger partial charge in [0, 0.05) is 29.9 Å². The fourth-order valence-corrected chi connectivity index (χ4v) is 2.26. The number of fused-ring (bicyclic) bond motifs is 1. The van der Waals surface area contributed by atoms with Crippen molar-refractivity contribution in [1.82, 2.24) is 15.3 Å². The van der Waals surface area contributed by atoms with E-state index in [2.05, 4.69) is 29.1 Å². The van der Waals surface area contributed by atoms with Gasteiger partial charge in [-0.15, -0.1) is 0 Å². The predicted octanol–water partition coefficient (Wildman–Crippen LogP) is 2.20. The fraction of sp³-hybridized carbons (Fsp3) is 0.500. The van der Waals surface area contributed by atoms with Gasteiger partial charge < -0.3 is 15.4 Å². The number of nitrogens with zero attached hydrogens (tertiary/aromatic N) is 1. The summed E-state index contributed by atoms with van der Waals surface area (Å²) in [6.07, 6.45) is 5.73. The standard InChI is InChI=1S/C14H21N3O/c1-3-6-14(2,10-18)17-9-11-4-7-15-13-12(11)5-8-16-13/h4-5,7-8,17-18H,3,6,9-10H2,1-2H3,(H,15,16). The summed E-state index contributed by atoms with van der Waals surface area (Å²) in [6.45, 7) is 5.09. The van der Waals surface area contributed by atoms with Gasteiger partial charge in [-0.2, -0.15) is 0 Å². The summed E-state index contributed by atoms with van der Waals surface area (Å²) in [5.74, 6) is 0. The molecule has 0 aliphatic heterocycles. The molecule has 0 spiro atoms. The number of aromatic amines is 1. The first-order valence-corrected chi connectivity index (χ1v) is 6.45. The van der Waals surface area contributed by atoms with Gasteiger partial charge in [0.1, 0.15) is 5.65 Å². The van der Waals surface area contributed by atoms with Crippen LogP contribution in [0, 0.1) is 0 Å². The second kappa shape index (κ2) is 5.50. The third-order valence-corrected chi connectivity index (χ3v) is 3.41. The Morgan fingerprint density at radius 2 is 2.28 bits per heavy atom. The second-order valence-electron chi connectivity index (χ2n) is 5.03. The lowest BCUT2D eigenvalue weighted by Gasteiger charge is -2.28. The van der Waals surface area contributed by atoms with E-state index in [1.54, 1.807) is 0 Å². The Bertz CT molecular complexity index is 508. The average molecular weight is 247 g/mol. The Hall–Kier alpha value is -1.39. The maximum atomic E-state index is 9.49. The summed E-state index contributed by atoms with van der Waals surface area (Å²) in [4.78, 5) is 7.38. The molecule has 98 valence electrons. The quantitative estimate of drug-likeness (QED) is 0.733. The first-order chi connectivity index (χ1) is 8.68. The molecule has 0 aliphatic rings. The highest BCUT2D eigenvalue weighted by Gasteiger charge is 2.21. The van der Waals surface area contributed by atoms with E-state index in [0.717, 1.165) is 30.4 Å². The van der Waals surface area contributed by atoms with Gasteiger partial charge in [0.2, 0.25) is 0 Å². The number of rotatable bonds is 6. The monoisotopic (exact) mass is 247 g/mol. The van der Waals surface area contributed by atoms with Crippen LogP contribution in [0.4, 0.5) is 0 Å². The zero-order valence-electron chi connectivity index (χ0n) is 11.0. The van der Waals surface area contributed by atoms with Gasteiger partial charge in [0.15, 0.2) is 0 Å². The van der Waals surface area contributed by atoms with Crippen molar-refractivity contribution in [3.8, 4) is 0 Å². The number of pyridine rings is 1. The van der Waals surface area contributed by atoms with Crippen molar-refractivity contribution in [2.24, 2.45) is 0 Å². The molecule has 0 aliphatic carbocycles. The summed E-state index contributed by atoms with van der Waals surface area (Å²) in [6, 6.07) is 4.06. The number of hydrogen-bond acceptors (Lipinski definition) is 3. The topological polar surface area (TPSA) is 60.9 Å². The van der Waals surface area contributed by atoms with Crippen molar-refractivity contribution >= 4 is 11.0 Å². The molecule has 2 aromatic rings. The average Bonchev–Trinajstić information content (AvgIpc) is 2.85. The lowest BCUT2D eigenvalue weighted by Crippen LogP contribution is -2.45. The third-order valence-electron chi connectivity index (χ3n) is 3.41. The van der Waals surface area contributed by atoms with E-state index in [0.29, 0.717) is 0 Å². The molecule has 0 saturated carbocycles. The number of aliphatic hydroxyl groups excluding tert-OH is 1. The van der Waals surface area contributed by atoms with Crippen LogP contribution in [0.1, 0.15) is 32.3 Å². The van der Waals surface area contributed by atoms with Crippen LogP contribution in [0.15, 0.2) is 24.5 Å². The first kappa shape index (κ1) is 13.1. The number of aliphatic hydroxyl groups is 1. The Labute approximate surface area is 107 Å². The van der Waals surface area contributed by atoms with Crippen LogP contribution in [0.25, 0.3) is 11.0 Å². The van der Waals surface area contributed by atoms with Gasteiger partial charge in [-0.05, 0) is 31.0 Å². The molecule has 0 fully saturated rings. The largest absolute Gasteiger partial charge is 0.394 e. The number of aromatic nitrogens is 2. The van der Waals surface area contributed by atoms with Crippen LogP contribution < -0.4 is 5.32 Å². The van der Waals surface area contributed by atoms with Crippen LogP contribution in [0.2, 0.25) is 0 Å². The highest BCUT2D eigenvalue weighted by atomic mass is 16.3. The van der Waals surface area contributed by atoms with Crippen molar-refractivity contribution in [3.05, 3.63) is 30.1 Å². The van der Waals surface area contributed by atoms with E-state index in [9.17, 15) is 5.11 Å². The van der Waals surface area contributed by atoms with E-state index >= 15 is 0 Å². The SMILES string of the molecule is CCCC(C)(CO)NCc1ccnc2[nH]ccc12. The maximum absolute atomic E-state index is 9.49. The smallest absolute Gasteiger partial charge is 0.137 e. The Kier molecular flexibility index (Phi) is 3.99. The summed E-state index contributed by atoms with van der Waals surface area (Å²) in [5, 5.41) is 14.1. The van der Waals surface area contributed by atoms with Gasteiger partial charge in [-0.3, -0.25) is 0 Å². The second-order valence-corrected chi connectivity index (χ2v) is 5.03. The summed E-state index contributed by atoms with van der Waals surface area (Å²) in [7, 11) is 0. The minimum atomic E-state index is -0.208. The van der Waals surface area contributed by atoms with E-state index in [1.807, 2.05) is 24.5 Å². The lowest BCUT2D eigenvalue weighted by atomic mass is 9.97. The minimum Gasteiger partial charge on any atom is -0.394 e. The van der Waals surface area contributed by atoms with Crippen LogP contribution in [-0.4, -0.2) is 27.2 Å². The molecule has 3 N–H and O–H groups in total. The first-order valence-electron chi connectivity index (χ1n) is 6.45. The van der Waals surface area contributed by atoms with Gasteiger partial charge in [0.25, 0.3) is 0 Å². The molecular weight excluding hydrogens is 226 g/mol. The van der Waals surface area contributed by atoms with Crippen molar-refractivity contribution in [1.29, 1.82) is 0 Å². The summed E-state index contributed by atoms with van der Waals surface area (Å²) < 4.78 is 0. The molecule has 18 heavy (non-hydrogen) atoms. The van der Waals surface area contributed by atoms with Crippen LogP contribution in [0.5, 0.6) is 0 Å². The molecule has 1 unspecified atom stereocenters. The van der Waals surface area contributed by atoms with Crippen molar-refractivity contribution < 1.29 is 5.11 Å². The molecule has 4 heteroatoms. The van der Waals surface area contributed by atoms with Crippen molar-refractivity contribution in [2.45, 2.75) is 38.8 Å². The van der Waals surface area contributed by atoms with E-state index in [1.165, 1.54) is 5.56 Å². The molecule has 0 amide bonds. The minimum absolute atomic E-state index is 0.155. The highest BCUT2D eigenvalue weighted by molar-refractivity contribution is 5.79. The van der Waals surface area contributed by atoms with Crippen LogP contribution >= 0.6 is 0 Å². The van der Waals surface area contributed by atoms with E-state index in [4.69, 9.17) is 0 Å². The van der Waals surface area contributed by atoms with E-state index in [-0.39, 0.29) is 12.1 Å². The van der Waals surface area contributed by atoms with Gasteiger partial charge >= 0.3 is 0 Å². The van der Waals surface area contributed by atoms with Crippen LogP contribution in [0.3, 0.4) is 0 Å². The molecule has 0 saturated heterocycles. The van der Waals surface area contributed by atoms with Crippen molar-refractivity contribution in [3.63, 3.8) is 0 Å². The molecule has 4 nitrogen and oxygen atoms in total. The zero-order chi connectivity index (χ0) is 13.0. The highest BCUT2D eigenvalue weighted by Crippen LogP contribution is 2.17. The third kappa shape index (κ3) is 2.71. The van der Waals surface area contributed by atoms with Gasteiger partial charge in [-0.1, -0.05) is 13.3 Å². The van der Waals surface area contributed by atoms with E-state index < -0.39 is 0 Å². The molecule has 0 radical (unpaired) electrons. The molecule has 0 bridgehead atoms. The zero-order valence-corrected chi connectivity index (χ0v) is 11.0. The number of nitrogens with one attached hydrogen (secondary N) is 2. The summed E-state index contributed by atoms with van der Waals surface area (Å²) in [5.41, 5.74) is 1.91. The van der Waals surface area contributed by atoms with Gasteiger partial charge in [-0.25, -0.2) is 4.98 Å². The number of H-pyrrole nitrogens is 1. The maximum Gasteiger partial charge on any atom is 0.137 e. The van der Waals surface area contributed by atoms with Gasteiger partial charge in [0.05, 0.1) is 6.61 Å². The molecule has 0 aromatic carbocycles. The molecular formula is C14H21N3O. The molecule has 2 aromatic heterocycles. The normalized spacial score (nSPS) is 14.8. The Morgan fingerprint density at radius 3 is 3.00 bits per heavy atom. The number of hydrogen-bond donors (Lipinski definition) is 3. The van der Waals surface area contributed by atoms with Crippen LogP contribution in [-0.2, 0) is 6.54 Å². The summed E-state index contributed by atoms with van der Waals surface area (Å²) >= 11 is 0. The lowest BCUT2D eigenvalue weighted by molar-refractivity contribution is 0.163. The molecule has 2 heterocycles. The molecule has 2 rings (SSSR count). The van der Waals surface area contributed by atoms with Crippen molar-refractivity contribution in [2.75, 3.05) is 6.61 Å². The fourth-order valence-electron chi connectivity index (χ4n) is 2.26. The predicted molar refractivity (Wildman–Crippen MR) is 73.3 cm³/mol. The molecule has 1 atom stereocenters.